The van der Waals surface area contributed by atoms with Crippen LogP contribution in [0.2, 0.25) is 0 Å². The van der Waals surface area contributed by atoms with Gasteiger partial charge in [0.15, 0.2) is 5.78 Å². The van der Waals surface area contributed by atoms with Gasteiger partial charge in [-0.1, -0.05) is 0 Å². The Hall–Kier alpha value is -1.84. The SMILES string of the molecule is COc1ccc(C(=O)CNC(=O)[C@@H]2C[C@@H]2C2CC2)cc1. The number of Topliss-reactive ketones (excluding diaryl/α,β-unsaturated/α-hetero) is 1. The highest BCUT2D eigenvalue weighted by Crippen LogP contribution is 2.54. The van der Waals surface area contributed by atoms with Crippen LogP contribution in [0.5, 0.6) is 5.75 Å². The molecular weight excluding hydrogens is 254 g/mol. The number of benzene rings is 1. The van der Waals surface area contributed by atoms with E-state index in [4.69, 9.17) is 4.74 Å². The standard InChI is InChI=1S/C16H19NO3/c1-20-12-6-4-11(5-7-12)15(18)9-17-16(19)14-8-13(14)10-2-3-10/h4-7,10,13-14H,2-3,8-9H2,1H3,(H,17,19)/t13-,14-/m1/s1. The molecule has 3 rings (SSSR count). The van der Waals surface area contributed by atoms with Gasteiger partial charge in [0.05, 0.1) is 13.7 Å². The highest BCUT2D eigenvalue weighted by Gasteiger charge is 2.50. The predicted molar refractivity (Wildman–Crippen MR) is 74.7 cm³/mol. The van der Waals surface area contributed by atoms with E-state index in [0.717, 1.165) is 18.1 Å². The molecule has 0 heterocycles. The van der Waals surface area contributed by atoms with Crippen LogP contribution in [0, 0.1) is 17.8 Å². The predicted octanol–water partition coefficient (Wildman–Crippen LogP) is 2.04. The van der Waals surface area contributed by atoms with Crippen molar-refractivity contribution in [3.05, 3.63) is 29.8 Å². The van der Waals surface area contributed by atoms with Gasteiger partial charge < -0.3 is 10.1 Å². The van der Waals surface area contributed by atoms with Crippen LogP contribution in [0.3, 0.4) is 0 Å². The normalized spacial score (nSPS) is 24.1. The molecule has 2 saturated carbocycles. The molecule has 2 atom stereocenters. The van der Waals surface area contributed by atoms with Crippen molar-refractivity contribution >= 4 is 11.7 Å². The first-order valence-corrected chi connectivity index (χ1v) is 7.14. The lowest BCUT2D eigenvalue weighted by Crippen LogP contribution is -2.31. The van der Waals surface area contributed by atoms with Crippen LogP contribution in [0.25, 0.3) is 0 Å². The fraction of sp³-hybridized carbons (Fsp3) is 0.500. The lowest BCUT2D eigenvalue weighted by Gasteiger charge is -2.05. The number of ether oxygens (including phenoxy) is 1. The quantitative estimate of drug-likeness (QED) is 0.807. The maximum atomic E-state index is 12.0. The highest BCUT2D eigenvalue weighted by atomic mass is 16.5. The average molecular weight is 273 g/mol. The van der Waals surface area contributed by atoms with Gasteiger partial charge in [0, 0.05) is 11.5 Å². The van der Waals surface area contributed by atoms with Gasteiger partial charge >= 0.3 is 0 Å². The van der Waals surface area contributed by atoms with E-state index in [1.54, 1.807) is 31.4 Å². The minimum absolute atomic E-state index is 0.0451. The molecule has 1 aromatic rings. The van der Waals surface area contributed by atoms with Crippen molar-refractivity contribution in [2.45, 2.75) is 19.3 Å². The molecule has 0 bridgehead atoms. The van der Waals surface area contributed by atoms with E-state index in [-0.39, 0.29) is 24.2 Å². The van der Waals surface area contributed by atoms with Gasteiger partial charge in [0.1, 0.15) is 5.75 Å². The second kappa shape index (κ2) is 5.27. The first-order chi connectivity index (χ1) is 9.69. The van der Waals surface area contributed by atoms with Crippen molar-refractivity contribution in [1.29, 1.82) is 0 Å². The van der Waals surface area contributed by atoms with Crippen molar-refractivity contribution in [3.63, 3.8) is 0 Å². The number of hydrogen-bond donors (Lipinski definition) is 1. The Morgan fingerprint density at radius 2 is 1.95 bits per heavy atom. The van der Waals surface area contributed by atoms with Crippen LogP contribution in [0.1, 0.15) is 29.6 Å². The minimum atomic E-state index is -0.0652. The van der Waals surface area contributed by atoms with Gasteiger partial charge in [-0.2, -0.15) is 0 Å². The van der Waals surface area contributed by atoms with Gasteiger partial charge in [-0.05, 0) is 55.4 Å². The monoisotopic (exact) mass is 273 g/mol. The van der Waals surface area contributed by atoms with Gasteiger partial charge in [-0.3, -0.25) is 9.59 Å². The molecule has 20 heavy (non-hydrogen) atoms. The fourth-order valence-corrected chi connectivity index (χ4v) is 2.74. The molecule has 0 spiro atoms. The van der Waals surface area contributed by atoms with E-state index in [2.05, 4.69) is 5.32 Å². The molecule has 2 aliphatic carbocycles. The van der Waals surface area contributed by atoms with Crippen LogP contribution >= 0.6 is 0 Å². The van der Waals surface area contributed by atoms with Crippen LogP contribution in [-0.4, -0.2) is 25.3 Å². The molecule has 0 aliphatic heterocycles. The zero-order valence-corrected chi connectivity index (χ0v) is 11.6. The summed E-state index contributed by atoms with van der Waals surface area (Å²) in [6, 6.07) is 6.94. The van der Waals surface area contributed by atoms with Gasteiger partial charge in [0.2, 0.25) is 5.91 Å². The molecule has 0 saturated heterocycles. The highest BCUT2D eigenvalue weighted by molar-refractivity contribution is 5.99. The third-order valence-corrected chi connectivity index (χ3v) is 4.24. The first-order valence-electron chi connectivity index (χ1n) is 7.14. The van der Waals surface area contributed by atoms with E-state index in [1.165, 1.54) is 12.8 Å². The Bertz CT molecular complexity index is 519. The Labute approximate surface area is 118 Å². The molecule has 0 aromatic heterocycles. The number of hydrogen-bond acceptors (Lipinski definition) is 3. The smallest absolute Gasteiger partial charge is 0.223 e. The summed E-state index contributed by atoms with van der Waals surface area (Å²) in [4.78, 5) is 23.9. The van der Waals surface area contributed by atoms with Gasteiger partial charge in [-0.15, -0.1) is 0 Å². The van der Waals surface area contributed by atoms with Crippen molar-refractivity contribution in [3.8, 4) is 5.75 Å². The molecule has 1 amide bonds. The van der Waals surface area contributed by atoms with Crippen molar-refractivity contribution in [2.75, 3.05) is 13.7 Å². The third-order valence-electron chi connectivity index (χ3n) is 4.24. The number of methoxy groups -OCH3 is 1. The van der Waals surface area contributed by atoms with Crippen LogP contribution in [0.4, 0.5) is 0 Å². The summed E-state index contributed by atoms with van der Waals surface area (Å²) >= 11 is 0. The molecule has 1 N–H and O–H groups in total. The van der Waals surface area contributed by atoms with Crippen molar-refractivity contribution < 1.29 is 14.3 Å². The van der Waals surface area contributed by atoms with E-state index >= 15 is 0 Å². The van der Waals surface area contributed by atoms with Gasteiger partial charge in [-0.25, -0.2) is 0 Å². The Balaban J connectivity index is 1.47. The second-order valence-corrected chi connectivity index (χ2v) is 5.71. The summed E-state index contributed by atoms with van der Waals surface area (Å²) in [5, 5.41) is 2.76. The lowest BCUT2D eigenvalue weighted by molar-refractivity contribution is -0.122. The molecule has 4 nitrogen and oxygen atoms in total. The molecule has 0 unspecified atom stereocenters. The minimum Gasteiger partial charge on any atom is -0.497 e. The molecule has 4 heteroatoms. The summed E-state index contributed by atoms with van der Waals surface area (Å²) in [6.07, 6.45) is 3.56. The summed E-state index contributed by atoms with van der Waals surface area (Å²) < 4.78 is 5.05. The van der Waals surface area contributed by atoms with Crippen molar-refractivity contribution in [1.82, 2.24) is 5.32 Å². The molecule has 106 valence electrons. The zero-order valence-electron chi connectivity index (χ0n) is 11.6. The number of rotatable bonds is 6. The zero-order chi connectivity index (χ0) is 14.1. The fourth-order valence-electron chi connectivity index (χ4n) is 2.74. The summed E-state index contributed by atoms with van der Waals surface area (Å²) in [5.74, 6) is 2.23. The summed E-state index contributed by atoms with van der Waals surface area (Å²) in [6.45, 7) is 0.0824. The number of amides is 1. The maximum absolute atomic E-state index is 12.0. The molecule has 0 radical (unpaired) electrons. The second-order valence-electron chi connectivity index (χ2n) is 5.71. The van der Waals surface area contributed by atoms with Crippen molar-refractivity contribution in [2.24, 2.45) is 17.8 Å². The third kappa shape index (κ3) is 2.84. The van der Waals surface area contributed by atoms with Crippen LogP contribution in [0.15, 0.2) is 24.3 Å². The summed E-state index contributed by atoms with van der Waals surface area (Å²) in [5.41, 5.74) is 0.598. The van der Waals surface area contributed by atoms with Gasteiger partial charge in [0.25, 0.3) is 0 Å². The van der Waals surface area contributed by atoms with Crippen LogP contribution in [-0.2, 0) is 4.79 Å². The summed E-state index contributed by atoms with van der Waals surface area (Å²) in [7, 11) is 1.59. The lowest BCUT2D eigenvalue weighted by atomic mass is 10.1. The topological polar surface area (TPSA) is 55.4 Å². The number of nitrogens with one attached hydrogen (secondary N) is 1. The number of carbonyl (C=O) groups is 2. The van der Waals surface area contributed by atoms with E-state index in [9.17, 15) is 9.59 Å². The molecule has 2 aliphatic rings. The molecule has 1 aromatic carbocycles. The average Bonchev–Trinajstić information content (AvgIpc) is 3.35. The number of carbonyl (C=O) groups excluding carboxylic acids is 2. The molecular formula is C16H19NO3. The Morgan fingerprint density at radius 1 is 1.25 bits per heavy atom. The molecule has 2 fully saturated rings. The van der Waals surface area contributed by atoms with E-state index < -0.39 is 0 Å². The largest absolute Gasteiger partial charge is 0.497 e. The van der Waals surface area contributed by atoms with E-state index in [0.29, 0.717) is 11.5 Å². The van der Waals surface area contributed by atoms with Crippen LogP contribution < -0.4 is 10.1 Å². The maximum Gasteiger partial charge on any atom is 0.223 e. The Morgan fingerprint density at radius 3 is 2.55 bits per heavy atom. The van der Waals surface area contributed by atoms with E-state index in [1.807, 2.05) is 0 Å². The first kappa shape index (κ1) is 13.2. The Kier molecular flexibility index (Phi) is 3.47. The number of ketones is 1.